The lowest BCUT2D eigenvalue weighted by Crippen LogP contribution is -2.21. The number of carbonyl (C=O) groups is 2. The minimum atomic E-state index is -0.944. The summed E-state index contributed by atoms with van der Waals surface area (Å²) in [6.45, 7) is 5.96. The van der Waals surface area contributed by atoms with Gasteiger partial charge in [0.25, 0.3) is 0 Å². The fourth-order valence-corrected chi connectivity index (χ4v) is 5.36. The number of carbonyl (C=O) groups excluding carboxylic acids is 1. The first kappa shape index (κ1) is 38.4. The van der Waals surface area contributed by atoms with Crippen LogP contribution in [0.15, 0.2) is 24.8 Å². The smallest absolute Gasteiger partial charge is 0.309 e. The van der Waals surface area contributed by atoms with Gasteiger partial charge in [-0.3, -0.25) is 9.59 Å². The largest absolute Gasteiger partial charge is 0.481 e. The standard InChI is InChI=1S/C36H66O4/c1-3-5-6-7-8-9-10-11-12-13-14-15-16-17-18-19-20-21-22-23-24-25-26-27-28-29-30-31-34(33-35(37)38)36(39)40-32-4-2/h4,20-21,34H,2-3,5-19,22-33H2,1H3,(H,37,38)/b21-20+. The number of carboxylic acid groups (broad SMARTS) is 1. The summed E-state index contributed by atoms with van der Waals surface area (Å²) >= 11 is 0. The van der Waals surface area contributed by atoms with E-state index >= 15 is 0 Å². The minimum Gasteiger partial charge on any atom is -0.481 e. The zero-order valence-corrected chi connectivity index (χ0v) is 26.5. The van der Waals surface area contributed by atoms with Crippen molar-refractivity contribution in [2.75, 3.05) is 6.61 Å². The van der Waals surface area contributed by atoms with Gasteiger partial charge >= 0.3 is 11.9 Å². The van der Waals surface area contributed by atoms with Gasteiger partial charge in [-0.1, -0.05) is 167 Å². The minimum absolute atomic E-state index is 0.143. The van der Waals surface area contributed by atoms with Crippen molar-refractivity contribution in [3.63, 3.8) is 0 Å². The van der Waals surface area contributed by atoms with E-state index in [0.717, 1.165) is 19.3 Å². The van der Waals surface area contributed by atoms with Crippen molar-refractivity contribution in [2.45, 2.75) is 180 Å². The summed E-state index contributed by atoms with van der Waals surface area (Å²) in [5, 5.41) is 9.03. The predicted molar refractivity (Wildman–Crippen MR) is 172 cm³/mol. The Morgan fingerprint density at radius 1 is 0.625 bits per heavy atom. The molecule has 0 rings (SSSR count). The first-order valence-electron chi connectivity index (χ1n) is 17.3. The highest BCUT2D eigenvalue weighted by Gasteiger charge is 2.22. The predicted octanol–water partition coefficient (Wildman–Crippen LogP) is 11.5. The zero-order valence-electron chi connectivity index (χ0n) is 26.5. The molecule has 0 fully saturated rings. The van der Waals surface area contributed by atoms with Crippen molar-refractivity contribution in [1.82, 2.24) is 0 Å². The molecule has 0 aromatic carbocycles. The molecule has 0 radical (unpaired) electrons. The van der Waals surface area contributed by atoms with Gasteiger partial charge in [-0.25, -0.2) is 0 Å². The van der Waals surface area contributed by atoms with Crippen LogP contribution in [0.1, 0.15) is 180 Å². The Kier molecular flexibility index (Phi) is 30.7. The Bertz CT molecular complexity index is 598. The zero-order chi connectivity index (χ0) is 29.4. The topological polar surface area (TPSA) is 63.6 Å². The monoisotopic (exact) mass is 562 g/mol. The van der Waals surface area contributed by atoms with Crippen LogP contribution in [0.4, 0.5) is 0 Å². The molecule has 1 atom stereocenters. The van der Waals surface area contributed by atoms with E-state index < -0.39 is 17.9 Å². The normalized spacial score (nSPS) is 12.1. The van der Waals surface area contributed by atoms with Crippen LogP contribution < -0.4 is 0 Å². The Hall–Kier alpha value is -1.58. The molecule has 0 heterocycles. The summed E-state index contributed by atoms with van der Waals surface area (Å²) in [6.07, 6.45) is 40.0. The number of esters is 1. The van der Waals surface area contributed by atoms with Crippen LogP contribution in [0.2, 0.25) is 0 Å². The fourth-order valence-electron chi connectivity index (χ4n) is 5.36. The second-order valence-electron chi connectivity index (χ2n) is 11.8. The Morgan fingerprint density at radius 2 is 1.00 bits per heavy atom. The molecule has 4 nitrogen and oxygen atoms in total. The quantitative estimate of drug-likeness (QED) is 0.0503. The number of allylic oxidation sites excluding steroid dienone is 2. The van der Waals surface area contributed by atoms with Gasteiger partial charge in [-0.05, 0) is 32.1 Å². The molecule has 4 heteroatoms. The van der Waals surface area contributed by atoms with Crippen molar-refractivity contribution >= 4 is 11.9 Å². The molecule has 0 aromatic rings. The number of unbranched alkanes of at least 4 members (excludes halogenated alkanes) is 23. The van der Waals surface area contributed by atoms with Crippen molar-refractivity contribution in [2.24, 2.45) is 5.92 Å². The van der Waals surface area contributed by atoms with Gasteiger partial charge in [-0.15, -0.1) is 0 Å². The summed E-state index contributed by atoms with van der Waals surface area (Å²) in [5.41, 5.74) is 0. The Labute approximate surface area is 248 Å². The van der Waals surface area contributed by atoms with Crippen LogP contribution in [0.5, 0.6) is 0 Å². The number of rotatable bonds is 32. The molecule has 234 valence electrons. The summed E-state index contributed by atoms with van der Waals surface area (Å²) in [4.78, 5) is 23.0. The fraction of sp³-hybridized carbons (Fsp3) is 0.833. The molecule has 1 unspecified atom stereocenters. The van der Waals surface area contributed by atoms with Crippen molar-refractivity contribution < 1.29 is 19.4 Å². The Morgan fingerprint density at radius 3 is 1.38 bits per heavy atom. The molecular weight excluding hydrogens is 496 g/mol. The average Bonchev–Trinajstić information content (AvgIpc) is 2.94. The molecule has 0 aliphatic carbocycles. The number of ether oxygens (including phenoxy) is 1. The van der Waals surface area contributed by atoms with E-state index in [4.69, 9.17) is 9.84 Å². The van der Waals surface area contributed by atoms with Crippen LogP contribution in [0.3, 0.4) is 0 Å². The third kappa shape index (κ3) is 29.4. The molecule has 0 aromatic heterocycles. The maximum Gasteiger partial charge on any atom is 0.309 e. The highest BCUT2D eigenvalue weighted by Crippen LogP contribution is 2.18. The third-order valence-corrected chi connectivity index (χ3v) is 7.91. The lowest BCUT2D eigenvalue weighted by atomic mass is 9.97. The van der Waals surface area contributed by atoms with E-state index in [1.54, 1.807) is 0 Å². The van der Waals surface area contributed by atoms with Gasteiger partial charge in [-0.2, -0.15) is 0 Å². The number of hydrogen-bond donors (Lipinski definition) is 1. The van der Waals surface area contributed by atoms with E-state index in [-0.39, 0.29) is 13.0 Å². The van der Waals surface area contributed by atoms with Gasteiger partial charge in [0.2, 0.25) is 0 Å². The molecule has 40 heavy (non-hydrogen) atoms. The second kappa shape index (κ2) is 31.9. The number of carboxylic acids is 1. The lowest BCUT2D eigenvalue weighted by Gasteiger charge is -2.13. The summed E-state index contributed by atoms with van der Waals surface area (Å²) in [6, 6.07) is 0. The van der Waals surface area contributed by atoms with Gasteiger partial charge in [0.15, 0.2) is 0 Å². The molecule has 0 saturated carbocycles. The summed E-state index contributed by atoms with van der Waals surface area (Å²) in [5.74, 6) is -1.89. The van der Waals surface area contributed by atoms with Gasteiger partial charge < -0.3 is 9.84 Å². The highest BCUT2D eigenvalue weighted by molar-refractivity contribution is 5.79. The summed E-state index contributed by atoms with van der Waals surface area (Å²) < 4.78 is 5.04. The van der Waals surface area contributed by atoms with Crippen molar-refractivity contribution in [1.29, 1.82) is 0 Å². The van der Waals surface area contributed by atoms with Crippen molar-refractivity contribution in [3.8, 4) is 0 Å². The number of aliphatic carboxylic acids is 1. The first-order chi connectivity index (χ1) is 19.6. The SMILES string of the molecule is C=CCOC(=O)C(CCCCCCCCCC/C=C/CCCCCCCCCCCCCCCCC)CC(=O)O. The van der Waals surface area contributed by atoms with Gasteiger partial charge in [0, 0.05) is 0 Å². The third-order valence-electron chi connectivity index (χ3n) is 7.91. The van der Waals surface area contributed by atoms with E-state index in [0.29, 0.717) is 6.42 Å². The van der Waals surface area contributed by atoms with E-state index in [9.17, 15) is 9.59 Å². The molecular formula is C36H66O4. The van der Waals surface area contributed by atoms with Crippen LogP contribution in [0, 0.1) is 5.92 Å². The highest BCUT2D eigenvalue weighted by atomic mass is 16.5. The number of hydrogen-bond acceptors (Lipinski definition) is 3. The van der Waals surface area contributed by atoms with Crippen LogP contribution in [-0.4, -0.2) is 23.7 Å². The molecule has 0 saturated heterocycles. The molecule has 0 bridgehead atoms. The second-order valence-corrected chi connectivity index (χ2v) is 11.8. The maximum absolute atomic E-state index is 12.0. The summed E-state index contributed by atoms with van der Waals surface area (Å²) in [7, 11) is 0. The van der Waals surface area contributed by atoms with Gasteiger partial charge in [0.05, 0.1) is 12.3 Å². The van der Waals surface area contributed by atoms with Crippen LogP contribution >= 0.6 is 0 Å². The lowest BCUT2D eigenvalue weighted by molar-refractivity contribution is -0.152. The van der Waals surface area contributed by atoms with E-state index in [1.807, 2.05) is 0 Å². The molecule has 0 spiro atoms. The van der Waals surface area contributed by atoms with E-state index in [1.165, 1.54) is 147 Å². The maximum atomic E-state index is 12.0. The van der Waals surface area contributed by atoms with Crippen molar-refractivity contribution in [3.05, 3.63) is 24.8 Å². The molecule has 0 amide bonds. The van der Waals surface area contributed by atoms with Crippen LogP contribution in [-0.2, 0) is 14.3 Å². The first-order valence-corrected chi connectivity index (χ1v) is 17.3. The van der Waals surface area contributed by atoms with Crippen LogP contribution in [0.25, 0.3) is 0 Å². The Balaban J connectivity index is 3.36. The molecule has 1 N–H and O–H groups in total. The molecule has 0 aliphatic heterocycles. The van der Waals surface area contributed by atoms with E-state index in [2.05, 4.69) is 25.7 Å². The van der Waals surface area contributed by atoms with Gasteiger partial charge in [0.1, 0.15) is 6.61 Å². The average molecular weight is 563 g/mol. The molecule has 0 aliphatic rings.